The number of hydrogen-bond donors (Lipinski definition) is 0. The van der Waals surface area contributed by atoms with E-state index in [1.165, 1.54) is 25.3 Å². The van der Waals surface area contributed by atoms with Gasteiger partial charge in [-0.3, -0.25) is 0 Å². The van der Waals surface area contributed by atoms with Gasteiger partial charge in [0.05, 0.1) is 12.0 Å². The Morgan fingerprint density at radius 3 is 2.42 bits per heavy atom. The van der Waals surface area contributed by atoms with Gasteiger partial charge in [-0.1, -0.05) is 53.5 Å². The van der Waals surface area contributed by atoms with Crippen molar-refractivity contribution in [3.8, 4) is 17.6 Å². The van der Waals surface area contributed by atoms with Crippen molar-refractivity contribution >= 4 is 39.1 Å². The molecule has 8 heteroatoms. The van der Waals surface area contributed by atoms with Gasteiger partial charge in [-0.05, 0) is 48.0 Å². The van der Waals surface area contributed by atoms with Gasteiger partial charge in [0.25, 0.3) is 0 Å². The van der Waals surface area contributed by atoms with Crippen LogP contribution in [0.4, 0.5) is 0 Å². The van der Waals surface area contributed by atoms with Gasteiger partial charge in [-0.2, -0.15) is 5.26 Å². The van der Waals surface area contributed by atoms with Crippen LogP contribution >= 0.6 is 23.2 Å². The molecule has 0 unspecified atom stereocenters. The molecule has 0 fully saturated rings. The normalized spacial score (nSPS) is 11.6. The molecule has 0 spiro atoms. The summed E-state index contributed by atoms with van der Waals surface area (Å²) in [7, 11) is -2.46. The number of allylic oxidation sites excluding steroid dienone is 1. The minimum atomic E-state index is -3.93. The smallest absolute Gasteiger partial charge is 0.216 e. The predicted molar refractivity (Wildman–Crippen MR) is 121 cm³/mol. The molecule has 0 aliphatic rings. The zero-order chi connectivity index (χ0) is 22.4. The molecule has 5 nitrogen and oxygen atoms in total. The van der Waals surface area contributed by atoms with Crippen molar-refractivity contribution in [3.63, 3.8) is 0 Å². The first-order valence-electron chi connectivity index (χ1n) is 9.02. The first-order valence-corrected chi connectivity index (χ1v) is 11.3. The van der Waals surface area contributed by atoms with Crippen LogP contribution in [0.3, 0.4) is 0 Å². The molecule has 0 saturated heterocycles. The summed E-state index contributed by atoms with van der Waals surface area (Å²) in [6, 6.07) is 19.5. The molecule has 0 radical (unpaired) electrons. The van der Waals surface area contributed by atoms with Crippen LogP contribution in [0.5, 0.6) is 11.5 Å². The first-order chi connectivity index (χ1) is 14.8. The number of nitriles is 1. The van der Waals surface area contributed by atoms with Crippen molar-refractivity contribution in [2.75, 3.05) is 7.11 Å². The fourth-order valence-corrected chi connectivity index (χ4v) is 4.38. The third kappa shape index (κ3) is 5.39. The van der Waals surface area contributed by atoms with Crippen LogP contribution in [-0.2, 0) is 16.4 Å². The number of benzene rings is 3. The maximum absolute atomic E-state index is 12.7. The molecule has 158 valence electrons. The third-order valence-electron chi connectivity index (χ3n) is 4.34. The van der Waals surface area contributed by atoms with Crippen LogP contribution in [0.1, 0.15) is 11.1 Å². The molecule has 0 aliphatic carbocycles. The van der Waals surface area contributed by atoms with Crippen LogP contribution in [0.2, 0.25) is 10.0 Å². The summed E-state index contributed by atoms with van der Waals surface area (Å²) in [6.45, 7) is 0.188. The second-order valence-corrected chi connectivity index (χ2v) is 9.13. The van der Waals surface area contributed by atoms with Gasteiger partial charge in [0.15, 0.2) is 11.5 Å². The van der Waals surface area contributed by atoms with Gasteiger partial charge >= 0.3 is 0 Å². The number of ether oxygens (including phenoxy) is 2. The summed E-state index contributed by atoms with van der Waals surface area (Å²) in [6.07, 6.45) is 1.30. The fourth-order valence-electron chi connectivity index (χ4n) is 2.74. The van der Waals surface area contributed by atoms with Crippen molar-refractivity contribution in [1.82, 2.24) is 0 Å². The Hall–Kier alpha value is -2.98. The van der Waals surface area contributed by atoms with E-state index >= 15 is 0 Å². The Labute approximate surface area is 191 Å². The molecular weight excluding hydrogens is 457 g/mol. The largest absolute Gasteiger partial charge is 0.493 e. The van der Waals surface area contributed by atoms with E-state index in [0.717, 1.165) is 5.56 Å². The number of methoxy groups -OCH3 is 1. The van der Waals surface area contributed by atoms with Crippen LogP contribution < -0.4 is 9.47 Å². The van der Waals surface area contributed by atoms with Gasteiger partial charge in [-0.25, -0.2) is 8.42 Å². The molecule has 0 heterocycles. The van der Waals surface area contributed by atoms with Crippen molar-refractivity contribution in [2.45, 2.75) is 11.5 Å². The SMILES string of the molecule is COc1cc(C=C(C#N)S(=O)(=O)c2ccccc2)ccc1OCc1ccc(Cl)cc1Cl. The van der Waals surface area contributed by atoms with E-state index in [1.54, 1.807) is 60.7 Å². The lowest BCUT2D eigenvalue weighted by molar-refractivity contribution is 0.284. The molecule has 0 N–H and O–H groups in total. The van der Waals surface area contributed by atoms with Crippen LogP contribution in [-0.4, -0.2) is 15.5 Å². The molecule has 3 aromatic carbocycles. The quantitative estimate of drug-likeness (QED) is 0.398. The fraction of sp³-hybridized carbons (Fsp3) is 0.0870. The van der Waals surface area contributed by atoms with Crippen molar-refractivity contribution in [3.05, 3.63) is 92.8 Å². The number of nitrogens with zero attached hydrogens (tertiary/aromatic N) is 1. The Morgan fingerprint density at radius 2 is 1.77 bits per heavy atom. The topological polar surface area (TPSA) is 76.4 Å². The van der Waals surface area contributed by atoms with Crippen LogP contribution in [0, 0.1) is 11.3 Å². The summed E-state index contributed by atoms with van der Waals surface area (Å²) in [5.74, 6) is 0.823. The van der Waals surface area contributed by atoms with Gasteiger partial charge < -0.3 is 9.47 Å². The summed E-state index contributed by atoms with van der Waals surface area (Å²) in [5, 5.41) is 10.5. The Balaban J connectivity index is 1.87. The molecule has 0 aromatic heterocycles. The number of halogens is 2. The van der Waals surface area contributed by atoms with Crippen LogP contribution in [0.25, 0.3) is 6.08 Å². The summed E-state index contributed by atoms with van der Waals surface area (Å²) in [5.41, 5.74) is 1.22. The Bertz CT molecular complexity index is 1270. The summed E-state index contributed by atoms with van der Waals surface area (Å²) in [4.78, 5) is -0.322. The zero-order valence-electron chi connectivity index (χ0n) is 16.4. The Morgan fingerprint density at radius 1 is 1.03 bits per heavy atom. The molecule has 3 rings (SSSR count). The number of rotatable bonds is 7. The highest BCUT2D eigenvalue weighted by molar-refractivity contribution is 7.95. The van der Waals surface area contributed by atoms with Gasteiger partial charge in [0.2, 0.25) is 9.84 Å². The van der Waals surface area contributed by atoms with Crippen molar-refractivity contribution < 1.29 is 17.9 Å². The van der Waals surface area contributed by atoms with Crippen molar-refractivity contribution in [2.24, 2.45) is 0 Å². The van der Waals surface area contributed by atoms with E-state index in [-0.39, 0.29) is 16.4 Å². The number of sulfone groups is 1. The van der Waals surface area contributed by atoms with E-state index in [2.05, 4.69) is 0 Å². The van der Waals surface area contributed by atoms with E-state index in [0.29, 0.717) is 27.1 Å². The minimum Gasteiger partial charge on any atom is -0.493 e. The summed E-state index contributed by atoms with van der Waals surface area (Å²) >= 11 is 12.1. The number of hydrogen-bond acceptors (Lipinski definition) is 5. The maximum Gasteiger partial charge on any atom is 0.216 e. The van der Waals surface area contributed by atoms with Crippen molar-refractivity contribution in [1.29, 1.82) is 5.26 Å². The highest BCUT2D eigenvalue weighted by Gasteiger charge is 2.20. The lowest BCUT2D eigenvalue weighted by Crippen LogP contribution is -2.03. The third-order valence-corrected chi connectivity index (χ3v) is 6.60. The van der Waals surface area contributed by atoms with E-state index in [4.69, 9.17) is 32.7 Å². The first kappa shape index (κ1) is 22.7. The second-order valence-electron chi connectivity index (χ2n) is 6.37. The highest BCUT2D eigenvalue weighted by atomic mass is 35.5. The molecule has 0 bridgehead atoms. The molecule has 0 saturated carbocycles. The van der Waals surface area contributed by atoms with Crippen LogP contribution in [0.15, 0.2) is 76.5 Å². The zero-order valence-corrected chi connectivity index (χ0v) is 18.7. The standard InChI is InChI=1S/C23H17Cl2NO4S/c1-29-23-12-16(11-20(14-26)31(27,28)19-5-3-2-4-6-19)7-10-22(23)30-15-17-8-9-18(24)13-21(17)25/h2-13H,15H2,1H3. The molecule has 0 atom stereocenters. The minimum absolute atomic E-state index is 0.0505. The molecule has 0 amide bonds. The van der Waals surface area contributed by atoms with Gasteiger partial charge in [0.1, 0.15) is 17.6 Å². The van der Waals surface area contributed by atoms with Gasteiger partial charge in [0, 0.05) is 15.6 Å². The van der Waals surface area contributed by atoms with E-state index in [1.807, 2.05) is 0 Å². The highest BCUT2D eigenvalue weighted by Crippen LogP contribution is 2.31. The second kappa shape index (κ2) is 9.88. The van der Waals surface area contributed by atoms with Gasteiger partial charge in [-0.15, -0.1) is 0 Å². The average Bonchev–Trinajstić information content (AvgIpc) is 2.77. The molecule has 31 heavy (non-hydrogen) atoms. The molecule has 3 aromatic rings. The average molecular weight is 474 g/mol. The predicted octanol–water partition coefficient (Wildman–Crippen LogP) is 5.92. The molecule has 0 aliphatic heterocycles. The maximum atomic E-state index is 12.7. The summed E-state index contributed by atoms with van der Waals surface area (Å²) < 4.78 is 36.6. The molecular formula is C23H17Cl2NO4S. The van der Waals surface area contributed by atoms with E-state index in [9.17, 15) is 13.7 Å². The monoisotopic (exact) mass is 473 g/mol. The lowest BCUT2D eigenvalue weighted by atomic mass is 10.2. The van der Waals surface area contributed by atoms with E-state index < -0.39 is 9.84 Å². The Kier molecular flexibility index (Phi) is 7.24. The lowest BCUT2D eigenvalue weighted by Gasteiger charge is -2.12.